The molecule has 7 nitrogen and oxygen atoms in total. The van der Waals surface area contributed by atoms with Crippen LogP contribution in [0.3, 0.4) is 0 Å². The minimum atomic E-state index is -0.675. The van der Waals surface area contributed by atoms with Crippen LogP contribution in [-0.4, -0.2) is 30.3 Å². The quantitative estimate of drug-likeness (QED) is 0.677. The Labute approximate surface area is 151 Å². The highest BCUT2D eigenvalue weighted by atomic mass is 16.5. The lowest BCUT2D eigenvalue weighted by molar-refractivity contribution is -0.114. The topological polar surface area (TPSA) is 99.7 Å². The molecule has 0 spiro atoms. The Morgan fingerprint density at radius 2 is 1.92 bits per heavy atom. The molecule has 2 aromatic rings. The Morgan fingerprint density at radius 3 is 2.65 bits per heavy atom. The summed E-state index contributed by atoms with van der Waals surface area (Å²) in [5, 5.41) is 18.4. The fraction of sp³-hybridized carbons (Fsp3) is 0.263. The first-order valence-electron chi connectivity index (χ1n) is 8.27. The summed E-state index contributed by atoms with van der Waals surface area (Å²) < 4.78 is 5.25. The largest absolute Gasteiger partial charge is 0.495 e. The minimum absolute atomic E-state index is 0.212. The second-order valence-corrected chi connectivity index (χ2v) is 6.14. The molecule has 2 atom stereocenters. The molecule has 0 aromatic heterocycles. The lowest BCUT2D eigenvalue weighted by atomic mass is 10.1. The monoisotopic (exact) mass is 355 g/mol. The van der Waals surface area contributed by atoms with Gasteiger partial charge in [0.25, 0.3) is 0 Å². The molecule has 7 heteroatoms. The number of carbonyl (C=O) groups excluding carboxylic acids is 2. The first kappa shape index (κ1) is 17.8. The van der Waals surface area contributed by atoms with Crippen molar-refractivity contribution in [2.24, 2.45) is 0 Å². The standard InChI is InChI=1S/C19H21N3O4/c1-11(23)20-13-7-8-17(26-2)15(10-13)21-19(25)22-18-14-6-4-3-5-12(14)9-16(18)24/h3-8,10,16,18,24H,9H2,1-2H3,(H,20,23)(H2,21,22,25)/t16-,18+/m1/s1. The molecule has 0 unspecified atom stereocenters. The first-order chi connectivity index (χ1) is 12.5. The third kappa shape index (κ3) is 3.78. The Bertz CT molecular complexity index is 837. The van der Waals surface area contributed by atoms with Gasteiger partial charge < -0.3 is 25.8 Å². The maximum absolute atomic E-state index is 12.4. The predicted molar refractivity (Wildman–Crippen MR) is 98.3 cm³/mol. The minimum Gasteiger partial charge on any atom is -0.495 e. The number of ether oxygens (including phenoxy) is 1. The number of benzene rings is 2. The number of hydrogen-bond acceptors (Lipinski definition) is 4. The van der Waals surface area contributed by atoms with Gasteiger partial charge in [-0.25, -0.2) is 4.79 Å². The van der Waals surface area contributed by atoms with Crippen LogP contribution in [0.4, 0.5) is 16.2 Å². The van der Waals surface area contributed by atoms with E-state index in [4.69, 9.17) is 4.74 Å². The smallest absolute Gasteiger partial charge is 0.319 e. The van der Waals surface area contributed by atoms with Gasteiger partial charge in [-0.2, -0.15) is 0 Å². The van der Waals surface area contributed by atoms with Crippen LogP contribution >= 0.6 is 0 Å². The molecule has 0 aliphatic heterocycles. The molecule has 3 rings (SSSR count). The number of urea groups is 1. The van der Waals surface area contributed by atoms with Gasteiger partial charge in [0.2, 0.25) is 5.91 Å². The van der Waals surface area contributed by atoms with Crippen molar-refractivity contribution in [3.8, 4) is 5.75 Å². The number of fused-ring (bicyclic) bond motifs is 1. The van der Waals surface area contributed by atoms with Crippen molar-refractivity contribution in [1.29, 1.82) is 0 Å². The van der Waals surface area contributed by atoms with E-state index in [0.717, 1.165) is 11.1 Å². The molecule has 1 aliphatic carbocycles. The summed E-state index contributed by atoms with van der Waals surface area (Å²) in [5.41, 5.74) is 2.89. The molecule has 0 bridgehead atoms. The maximum atomic E-state index is 12.4. The summed E-state index contributed by atoms with van der Waals surface area (Å²) in [7, 11) is 1.49. The summed E-state index contributed by atoms with van der Waals surface area (Å²) in [6.07, 6.45) is -0.173. The number of rotatable bonds is 4. The van der Waals surface area contributed by atoms with Crippen molar-refractivity contribution >= 4 is 23.3 Å². The molecule has 0 fully saturated rings. The fourth-order valence-corrected chi connectivity index (χ4v) is 3.13. The van der Waals surface area contributed by atoms with E-state index >= 15 is 0 Å². The number of aliphatic hydroxyl groups is 1. The van der Waals surface area contributed by atoms with E-state index in [1.807, 2.05) is 24.3 Å². The highest BCUT2D eigenvalue weighted by Crippen LogP contribution is 2.32. The molecule has 3 amide bonds. The van der Waals surface area contributed by atoms with Gasteiger partial charge in [0.1, 0.15) is 5.75 Å². The highest BCUT2D eigenvalue weighted by molar-refractivity contribution is 5.94. The van der Waals surface area contributed by atoms with E-state index in [0.29, 0.717) is 23.5 Å². The van der Waals surface area contributed by atoms with Crippen LogP contribution in [0.2, 0.25) is 0 Å². The Hall–Kier alpha value is -3.06. The van der Waals surface area contributed by atoms with Crippen molar-refractivity contribution in [3.05, 3.63) is 53.6 Å². The van der Waals surface area contributed by atoms with Gasteiger partial charge in [0, 0.05) is 19.0 Å². The van der Waals surface area contributed by atoms with Crippen molar-refractivity contribution in [2.45, 2.75) is 25.5 Å². The van der Waals surface area contributed by atoms with Crippen LogP contribution in [0, 0.1) is 0 Å². The number of methoxy groups -OCH3 is 1. The van der Waals surface area contributed by atoms with Gasteiger partial charge in [0.05, 0.1) is 24.9 Å². The molecule has 0 radical (unpaired) electrons. The number of carbonyl (C=O) groups is 2. The molecular formula is C19H21N3O4. The molecule has 1 aliphatic rings. The van der Waals surface area contributed by atoms with Crippen LogP contribution in [0.5, 0.6) is 5.75 Å². The van der Waals surface area contributed by atoms with Crippen molar-refractivity contribution in [3.63, 3.8) is 0 Å². The fourth-order valence-electron chi connectivity index (χ4n) is 3.13. The molecule has 0 saturated heterocycles. The van der Waals surface area contributed by atoms with Crippen molar-refractivity contribution in [2.75, 3.05) is 17.7 Å². The van der Waals surface area contributed by atoms with Gasteiger partial charge in [-0.1, -0.05) is 24.3 Å². The van der Waals surface area contributed by atoms with Gasteiger partial charge in [-0.3, -0.25) is 4.79 Å². The van der Waals surface area contributed by atoms with E-state index in [1.54, 1.807) is 18.2 Å². The van der Waals surface area contributed by atoms with E-state index in [1.165, 1.54) is 14.0 Å². The van der Waals surface area contributed by atoms with Gasteiger partial charge in [0.15, 0.2) is 0 Å². The van der Waals surface area contributed by atoms with Gasteiger partial charge in [-0.15, -0.1) is 0 Å². The maximum Gasteiger partial charge on any atom is 0.319 e. The summed E-state index contributed by atoms with van der Waals surface area (Å²) in [4.78, 5) is 23.7. The van der Waals surface area contributed by atoms with Crippen LogP contribution in [0.25, 0.3) is 0 Å². The number of aliphatic hydroxyl groups excluding tert-OH is 1. The predicted octanol–water partition coefficient (Wildman–Crippen LogP) is 2.43. The highest BCUT2D eigenvalue weighted by Gasteiger charge is 2.32. The zero-order valence-electron chi connectivity index (χ0n) is 14.6. The van der Waals surface area contributed by atoms with Gasteiger partial charge >= 0.3 is 6.03 Å². The Balaban J connectivity index is 1.75. The summed E-state index contributed by atoms with van der Waals surface area (Å²) >= 11 is 0. The third-order valence-corrected chi connectivity index (χ3v) is 4.26. The first-order valence-corrected chi connectivity index (χ1v) is 8.27. The van der Waals surface area contributed by atoms with Crippen molar-refractivity contribution in [1.82, 2.24) is 5.32 Å². The number of hydrogen-bond donors (Lipinski definition) is 4. The van der Waals surface area contributed by atoms with E-state index in [2.05, 4.69) is 16.0 Å². The molecule has 0 heterocycles. The van der Waals surface area contributed by atoms with Crippen LogP contribution < -0.4 is 20.7 Å². The van der Waals surface area contributed by atoms with Crippen LogP contribution in [-0.2, 0) is 11.2 Å². The molecule has 26 heavy (non-hydrogen) atoms. The molecule has 136 valence electrons. The number of nitrogens with one attached hydrogen (secondary N) is 3. The molecule has 2 aromatic carbocycles. The van der Waals surface area contributed by atoms with E-state index in [9.17, 15) is 14.7 Å². The van der Waals surface area contributed by atoms with Gasteiger partial charge in [-0.05, 0) is 29.3 Å². The Morgan fingerprint density at radius 1 is 1.15 bits per heavy atom. The average Bonchev–Trinajstić information content (AvgIpc) is 2.90. The molecular weight excluding hydrogens is 334 g/mol. The van der Waals surface area contributed by atoms with Crippen molar-refractivity contribution < 1.29 is 19.4 Å². The lowest BCUT2D eigenvalue weighted by Gasteiger charge is -2.19. The summed E-state index contributed by atoms with van der Waals surface area (Å²) in [5.74, 6) is 0.248. The zero-order chi connectivity index (χ0) is 18.7. The number of anilines is 2. The summed E-state index contributed by atoms with van der Waals surface area (Å²) in [6, 6.07) is 11.6. The number of amides is 3. The van der Waals surface area contributed by atoms with E-state index < -0.39 is 18.2 Å². The zero-order valence-corrected chi connectivity index (χ0v) is 14.6. The molecule has 0 saturated carbocycles. The van der Waals surface area contributed by atoms with Crippen LogP contribution in [0.1, 0.15) is 24.1 Å². The lowest BCUT2D eigenvalue weighted by Crippen LogP contribution is -2.36. The molecule has 4 N–H and O–H groups in total. The Kier molecular flexibility index (Phi) is 5.09. The normalized spacial score (nSPS) is 18.0. The SMILES string of the molecule is COc1ccc(NC(C)=O)cc1NC(=O)N[C@H]1c2ccccc2C[C@H]1O. The third-order valence-electron chi connectivity index (χ3n) is 4.26. The second kappa shape index (κ2) is 7.45. The van der Waals surface area contributed by atoms with E-state index in [-0.39, 0.29) is 5.91 Å². The second-order valence-electron chi connectivity index (χ2n) is 6.14. The summed E-state index contributed by atoms with van der Waals surface area (Å²) in [6.45, 7) is 1.41. The average molecular weight is 355 g/mol. The van der Waals surface area contributed by atoms with Crippen LogP contribution in [0.15, 0.2) is 42.5 Å².